The van der Waals surface area contributed by atoms with Crippen molar-refractivity contribution in [1.29, 1.82) is 0 Å². The molecule has 1 saturated carbocycles. The van der Waals surface area contributed by atoms with Gasteiger partial charge in [-0.25, -0.2) is 0 Å². The fourth-order valence-corrected chi connectivity index (χ4v) is 3.42. The molecule has 0 bridgehead atoms. The van der Waals surface area contributed by atoms with Crippen LogP contribution in [-0.2, 0) is 6.42 Å². The van der Waals surface area contributed by atoms with Gasteiger partial charge in [-0.3, -0.25) is 0 Å². The maximum atomic E-state index is 10.3. The molecule has 1 N–H and O–H groups in total. The largest absolute Gasteiger partial charge is 0.393 e. The van der Waals surface area contributed by atoms with E-state index in [9.17, 15) is 5.11 Å². The molecular formula is C18H20O. The van der Waals surface area contributed by atoms with Crippen LogP contribution in [0.5, 0.6) is 0 Å². The highest BCUT2D eigenvalue weighted by Gasteiger charge is 2.47. The fourth-order valence-electron chi connectivity index (χ4n) is 3.42. The van der Waals surface area contributed by atoms with E-state index in [1.165, 1.54) is 11.1 Å². The van der Waals surface area contributed by atoms with Gasteiger partial charge >= 0.3 is 0 Å². The van der Waals surface area contributed by atoms with Gasteiger partial charge in [0.25, 0.3) is 0 Å². The first kappa shape index (κ1) is 12.4. The van der Waals surface area contributed by atoms with Crippen molar-refractivity contribution in [2.45, 2.75) is 25.4 Å². The van der Waals surface area contributed by atoms with Crippen molar-refractivity contribution in [1.82, 2.24) is 0 Å². The van der Waals surface area contributed by atoms with Crippen molar-refractivity contribution in [3.05, 3.63) is 71.8 Å². The Morgan fingerprint density at radius 1 is 0.895 bits per heavy atom. The molecule has 3 rings (SSSR count). The SMILES string of the molecule is CC1C(O)C(Cc2ccccc2)C1c1ccccc1. The minimum atomic E-state index is -0.176. The van der Waals surface area contributed by atoms with Gasteiger partial charge in [-0.05, 0) is 35.3 Å². The summed E-state index contributed by atoms with van der Waals surface area (Å²) in [5.74, 6) is 1.19. The summed E-state index contributed by atoms with van der Waals surface area (Å²) in [7, 11) is 0. The highest BCUT2D eigenvalue weighted by molar-refractivity contribution is 5.27. The van der Waals surface area contributed by atoms with Gasteiger partial charge in [0.15, 0.2) is 0 Å². The molecule has 1 nitrogen and oxygen atoms in total. The lowest BCUT2D eigenvalue weighted by Gasteiger charge is -2.48. The van der Waals surface area contributed by atoms with Gasteiger partial charge in [-0.1, -0.05) is 67.6 Å². The predicted octanol–water partition coefficient (Wildman–Crippen LogP) is 3.64. The molecule has 0 aliphatic heterocycles. The Labute approximate surface area is 114 Å². The minimum absolute atomic E-state index is 0.176. The third-order valence-corrected chi connectivity index (χ3v) is 4.50. The van der Waals surface area contributed by atoms with Crippen molar-refractivity contribution < 1.29 is 5.11 Å². The zero-order chi connectivity index (χ0) is 13.2. The second kappa shape index (κ2) is 5.18. The standard InChI is InChI=1S/C18H20O/c1-13-17(15-10-6-3-7-11-15)16(18(13)19)12-14-8-4-2-5-9-14/h2-11,13,16-19H,12H2,1H3. The molecule has 0 radical (unpaired) electrons. The summed E-state index contributed by atoms with van der Waals surface area (Å²) >= 11 is 0. The van der Waals surface area contributed by atoms with E-state index in [0.29, 0.717) is 17.8 Å². The van der Waals surface area contributed by atoms with Crippen LogP contribution in [0.1, 0.15) is 24.0 Å². The first-order valence-corrected chi connectivity index (χ1v) is 7.04. The summed E-state index contributed by atoms with van der Waals surface area (Å²) in [6.07, 6.45) is 0.789. The lowest BCUT2D eigenvalue weighted by Crippen LogP contribution is -2.49. The summed E-state index contributed by atoms with van der Waals surface area (Å²) in [6.45, 7) is 2.16. The minimum Gasteiger partial charge on any atom is -0.393 e. The van der Waals surface area contributed by atoms with Crippen LogP contribution in [0.25, 0.3) is 0 Å². The Hall–Kier alpha value is -1.60. The highest BCUT2D eigenvalue weighted by atomic mass is 16.3. The Balaban J connectivity index is 1.80. The van der Waals surface area contributed by atoms with Gasteiger partial charge in [0.2, 0.25) is 0 Å². The van der Waals surface area contributed by atoms with Crippen molar-refractivity contribution >= 4 is 0 Å². The molecule has 1 aliphatic carbocycles. The molecule has 2 aromatic carbocycles. The Bertz CT molecular complexity index is 520. The normalized spacial score (nSPS) is 29.8. The van der Waals surface area contributed by atoms with E-state index in [-0.39, 0.29) is 6.10 Å². The third kappa shape index (κ3) is 2.31. The maximum Gasteiger partial charge on any atom is 0.0609 e. The summed E-state index contributed by atoms with van der Waals surface area (Å²) in [6, 6.07) is 21.1. The first-order valence-electron chi connectivity index (χ1n) is 7.04. The number of benzene rings is 2. The second-order valence-electron chi connectivity index (χ2n) is 5.64. The average molecular weight is 252 g/mol. The Morgan fingerprint density at radius 3 is 2.11 bits per heavy atom. The second-order valence-corrected chi connectivity index (χ2v) is 5.64. The average Bonchev–Trinajstić information content (AvgIpc) is 2.48. The van der Waals surface area contributed by atoms with Crippen molar-refractivity contribution in [3.8, 4) is 0 Å². The van der Waals surface area contributed by atoms with Gasteiger partial charge in [0, 0.05) is 0 Å². The molecule has 2 aromatic rings. The molecule has 4 atom stereocenters. The molecule has 0 heterocycles. The van der Waals surface area contributed by atoms with E-state index in [1.807, 2.05) is 6.07 Å². The van der Waals surface area contributed by atoms with E-state index >= 15 is 0 Å². The molecule has 0 spiro atoms. The molecule has 1 heteroatoms. The van der Waals surface area contributed by atoms with Crippen LogP contribution in [0.15, 0.2) is 60.7 Å². The lowest BCUT2D eigenvalue weighted by atomic mass is 9.59. The quantitative estimate of drug-likeness (QED) is 0.884. The molecule has 1 fully saturated rings. The summed E-state index contributed by atoms with van der Waals surface area (Å²) in [5, 5.41) is 10.3. The molecule has 98 valence electrons. The lowest BCUT2D eigenvalue weighted by molar-refractivity contribution is -0.0564. The van der Waals surface area contributed by atoms with Gasteiger partial charge in [-0.2, -0.15) is 0 Å². The number of hydrogen-bond donors (Lipinski definition) is 1. The molecule has 4 unspecified atom stereocenters. The van der Waals surface area contributed by atoms with Crippen LogP contribution in [-0.4, -0.2) is 11.2 Å². The number of aliphatic hydroxyl groups is 1. The van der Waals surface area contributed by atoms with E-state index in [2.05, 4.69) is 61.5 Å². The molecule has 19 heavy (non-hydrogen) atoms. The monoisotopic (exact) mass is 252 g/mol. The van der Waals surface area contributed by atoms with Crippen LogP contribution >= 0.6 is 0 Å². The van der Waals surface area contributed by atoms with Crippen LogP contribution in [0, 0.1) is 11.8 Å². The molecular weight excluding hydrogens is 232 g/mol. The van der Waals surface area contributed by atoms with Crippen molar-refractivity contribution in [2.75, 3.05) is 0 Å². The molecule has 0 aromatic heterocycles. The molecule has 0 saturated heterocycles. The molecule has 0 amide bonds. The first-order chi connectivity index (χ1) is 9.27. The summed E-state index contributed by atoms with van der Waals surface area (Å²) in [5.41, 5.74) is 2.68. The van der Waals surface area contributed by atoms with Crippen molar-refractivity contribution in [2.24, 2.45) is 11.8 Å². The van der Waals surface area contributed by atoms with Crippen molar-refractivity contribution in [3.63, 3.8) is 0 Å². The zero-order valence-corrected chi connectivity index (χ0v) is 11.2. The van der Waals surface area contributed by atoms with Gasteiger partial charge < -0.3 is 5.11 Å². The van der Waals surface area contributed by atoms with E-state index in [1.54, 1.807) is 0 Å². The predicted molar refractivity (Wildman–Crippen MR) is 78.0 cm³/mol. The zero-order valence-electron chi connectivity index (χ0n) is 11.2. The Morgan fingerprint density at radius 2 is 1.47 bits per heavy atom. The number of hydrogen-bond acceptors (Lipinski definition) is 1. The highest BCUT2D eigenvalue weighted by Crippen LogP contribution is 2.48. The third-order valence-electron chi connectivity index (χ3n) is 4.50. The van der Waals surface area contributed by atoms with Gasteiger partial charge in [0.05, 0.1) is 6.10 Å². The van der Waals surface area contributed by atoms with Gasteiger partial charge in [-0.15, -0.1) is 0 Å². The van der Waals surface area contributed by atoms with E-state index < -0.39 is 0 Å². The summed E-state index contributed by atoms with van der Waals surface area (Å²) in [4.78, 5) is 0. The topological polar surface area (TPSA) is 20.2 Å². The fraction of sp³-hybridized carbons (Fsp3) is 0.333. The van der Waals surface area contributed by atoms with E-state index in [4.69, 9.17) is 0 Å². The smallest absolute Gasteiger partial charge is 0.0609 e. The van der Waals surface area contributed by atoms with Crippen LogP contribution < -0.4 is 0 Å². The number of aliphatic hydroxyl groups excluding tert-OH is 1. The van der Waals surface area contributed by atoms with Crippen LogP contribution in [0.2, 0.25) is 0 Å². The van der Waals surface area contributed by atoms with Crippen LogP contribution in [0.3, 0.4) is 0 Å². The summed E-state index contributed by atoms with van der Waals surface area (Å²) < 4.78 is 0. The number of rotatable bonds is 3. The maximum absolute atomic E-state index is 10.3. The molecule has 1 aliphatic rings. The van der Waals surface area contributed by atoms with Crippen LogP contribution in [0.4, 0.5) is 0 Å². The van der Waals surface area contributed by atoms with Gasteiger partial charge in [0.1, 0.15) is 0 Å². The Kier molecular flexibility index (Phi) is 3.39. The van der Waals surface area contributed by atoms with E-state index in [0.717, 1.165) is 6.42 Å².